The first-order valence-electron chi connectivity index (χ1n) is 14.2. The van der Waals surface area contributed by atoms with Crippen LogP contribution in [0, 0.1) is 0 Å². The topological polar surface area (TPSA) is 86.7 Å². The summed E-state index contributed by atoms with van der Waals surface area (Å²) in [5.74, 6) is 1.66. The highest BCUT2D eigenvalue weighted by Crippen LogP contribution is 2.34. The van der Waals surface area contributed by atoms with Gasteiger partial charge in [0, 0.05) is 36.4 Å². The maximum atomic E-state index is 11.8. The summed E-state index contributed by atoms with van der Waals surface area (Å²) in [4.78, 5) is 13.2. The maximum absolute atomic E-state index is 11.8. The quantitative estimate of drug-likeness (QED) is 0.285. The molecule has 0 aromatic heterocycles. The van der Waals surface area contributed by atoms with Gasteiger partial charge in [0.05, 0.1) is 39.6 Å². The molecule has 0 bridgehead atoms. The van der Waals surface area contributed by atoms with Crippen molar-refractivity contribution in [1.29, 1.82) is 0 Å². The normalized spacial score (nSPS) is 21.3. The Balaban J connectivity index is 1.19. The number of rotatable bonds is 11. The fraction of sp³-hybridized carbons (Fsp3) is 0.469. The van der Waals surface area contributed by atoms with Crippen molar-refractivity contribution in [3.05, 3.63) is 71.8 Å². The van der Waals surface area contributed by atoms with Gasteiger partial charge in [-0.3, -0.25) is 0 Å². The van der Waals surface area contributed by atoms with Crippen LogP contribution in [-0.4, -0.2) is 68.5 Å². The second-order valence-electron chi connectivity index (χ2n) is 10.4. The lowest BCUT2D eigenvalue weighted by molar-refractivity contribution is -0.163. The molecule has 0 saturated carbocycles. The Bertz CT molecular complexity index is 1240. The third kappa shape index (κ3) is 7.05. The number of carboxylic acid groups (broad SMARTS) is 1. The van der Waals surface area contributed by atoms with Gasteiger partial charge in [0.2, 0.25) is 0 Å². The Morgan fingerprint density at radius 1 is 1.00 bits per heavy atom. The molecule has 0 spiro atoms. The van der Waals surface area contributed by atoms with Crippen LogP contribution in [-0.2, 0) is 20.8 Å². The maximum Gasteiger partial charge on any atom is 0.407 e. The number of likely N-dealkylation sites (tertiary alicyclic amines) is 1. The van der Waals surface area contributed by atoms with E-state index in [2.05, 4.69) is 24.3 Å². The van der Waals surface area contributed by atoms with E-state index in [0.717, 1.165) is 65.7 Å². The van der Waals surface area contributed by atoms with Crippen LogP contribution in [0.25, 0.3) is 10.8 Å². The van der Waals surface area contributed by atoms with E-state index in [0.29, 0.717) is 39.3 Å². The van der Waals surface area contributed by atoms with Crippen molar-refractivity contribution in [2.24, 2.45) is 0 Å². The van der Waals surface area contributed by atoms with Gasteiger partial charge in [-0.25, -0.2) is 4.79 Å². The van der Waals surface area contributed by atoms with Gasteiger partial charge in [-0.2, -0.15) is 0 Å². The van der Waals surface area contributed by atoms with E-state index >= 15 is 0 Å². The molecule has 3 aromatic rings. The van der Waals surface area contributed by atoms with Crippen LogP contribution >= 0.6 is 0 Å². The van der Waals surface area contributed by atoms with Gasteiger partial charge in [-0.05, 0) is 48.8 Å². The number of amides is 1. The molecule has 2 aliphatic rings. The predicted molar refractivity (Wildman–Crippen MR) is 152 cm³/mol. The SMILES string of the molecule is COc1c(COC2CN(C(=O)O)CCC2c2ccc(OCCCOC3CCCCO3)cc2)ccc2ccccc12. The van der Waals surface area contributed by atoms with Crippen LogP contribution in [0.1, 0.15) is 49.1 Å². The van der Waals surface area contributed by atoms with E-state index in [1.54, 1.807) is 7.11 Å². The summed E-state index contributed by atoms with van der Waals surface area (Å²) in [5.41, 5.74) is 2.06. The van der Waals surface area contributed by atoms with Crippen LogP contribution in [0.3, 0.4) is 0 Å². The van der Waals surface area contributed by atoms with Crippen molar-refractivity contribution in [3.63, 3.8) is 0 Å². The summed E-state index contributed by atoms with van der Waals surface area (Å²) >= 11 is 0. The molecule has 2 aliphatic heterocycles. The number of ether oxygens (including phenoxy) is 5. The highest BCUT2D eigenvalue weighted by atomic mass is 16.7. The molecule has 5 rings (SSSR count). The lowest BCUT2D eigenvalue weighted by Gasteiger charge is -2.37. The van der Waals surface area contributed by atoms with Crippen molar-refractivity contribution in [2.75, 3.05) is 40.0 Å². The first-order chi connectivity index (χ1) is 19.6. The fourth-order valence-corrected chi connectivity index (χ4v) is 5.60. The van der Waals surface area contributed by atoms with Gasteiger partial charge in [0.1, 0.15) is 11.5 Å². The zero-order valence-corrected chi connectivity index (χ0v) is 23.1. The summed E-state index contributed by atoms with van der Waals surface area (Å²) in [6, 6.07) is 20.3. The minimum Gasteiger partial charge on any atom is -0.496 e. The number of carbonyl (C=O) groups is 1. The van der Waals surface area contributed by atoms with Gasteiger partial charge in [-0.1, -0.05) is 48.5 Å². The monoisotopic (exact) mass is 549 g/mol. The largest absolute Gasteiger partial charge is 0.496 e. The van der Waals surface area contributed by atoms with Crippen LogP contribution in [0.5, 0.6) is 11.5 Å². The van der Waals surface area contributed by atoms with E-state index in [4.69, 9.17) is 23.7 Å². The van der Waals surface area contributed by atoms with E-state index in [9.17, 15) is 9.90 Å². The summed E-state index contributed by atoms with van der Waals surface area (Å²) in [5, 5.41) is 11.8. The molecule has 214 valence electrons. The lowest BCUT2D eigenvalue weighted by Crippen LogP contribution is -2.46. The number of benzene rings is 3. The van der Waals surface area contributed by atoms with E-state index in [1.807, 2.05) is 36.4 Å². The molecule has 8 nitrogen and oxygen atoms in total. The zero-order chi connectivity index (χ0) is 27.7. The smallest absolute Gasteiger partial charge is 0.407 e. The highest BCUT2D eigenvalue weighted by molar-refractivity contribution is 5.89. The van der Waals surface area contributed by atoms with Gasteiger partial charge in [0.15, 0.2) is 6.29 Å². The summed E-state index contributed by atoms with van der Waals surface area (Å²) in [6.07, 6.45) is 3.45. The molecule has 3 aromatic carbocycles. The average molecular weight is 550 g/mol. The van der Waals surface area contributed by atoms with E-state index < -0.39 is 6.09 Å². The molecule has 1 amide bonds. The molecule has 40 heavy (non-hydrogen) atoms. The number of hydrogen-bond acceptors (Lipinski definition) is 6. The molecule has 1 N–H and O–H groups in total. The molecule has 2 heterocycles. The van der Waals surface area contributed by atoms with Crippen molar-refractivity contribution in [1.82, 2.24) is 4.90 Å². The Kier molecular flexibility index (Phi) is 9.76. The average Bonchev–Trinajstić information content (AvgIpc) is 3.00. The number of hydrogen-bond donors (Lipinski definition) is 1. The second kappa shape index (κ2) is 13.8. The first-order valence-corrected chi connectivity index (χ1v) is 14.2. The van der Waals surface area contributed by atoms with Gasteiger partial charge in [0.25, 0.3) is 0 Å². The molecule has 0 aliphatic carbocycles. The Morgan fingerprint density at radius 2 is 1.85 bits per heavy atom. The van der Waals surface area contributed by atoms with Crippen LogP contribution in [0.15, 0.2) is 60.7 Å². The fourth-order valence-electron chi connectivity index (χ4n) is 5.60. The molecular weight excluding hydrogens is 510 g/mol. The lowest BCUT2D eigenvalue weighted by atomic mass is 9.87. The molecule has 8 heteroatoms. The van der Waals surface area contributed by atoms with Gasteiger partial charge < -0.3 is 33.7 Å². The van der Waals surface area contributed by atoms with Crippen molar-refractivity contribution in [2.45, 2.75) is 57.0 Å². The van der Waals surface area contributed by atoms with Crippen molar-refractivity contribution in [3.8, 4) is 11.5 Å². The molecule has 3 unspecified atom stereocenters. The summed E-state index contributed by atoms with van der Waals surface area (Å²) < 4.78 is 29.5. The molecule has 2 saturated heterocycles. The number of piperidine rings is 1. The number of nitrogens with zero attached hydrogens (tertiary/aromatic N) is 1. The predicted octanol–water partition coefficient (Wildman–Crippen LogP) is 6.21. The first kappa shape index (κ1) is 28.2. The number of fused-ring (bicyclic) bond motifs is 1. The van der Waals surface area contributed by atoms with Crippen LogP contribution in [0.4, 0.5) is 4.79 Å². The Hall–Kier alpha value is -3.33. The number of methoxy groups -OCH3 is 1. The minimum atomic E-state index is -0.918. The molecule has 0 radical (unpaired) electrons. The van der Waals surface area contributed by atoms with E-state index in [-0.39, 0.29) is 18.3 Å². The Morgan fingerprint density at radius 3 is 2.62 bits per heavy atom. The molecule has 2 fully saturated rings. The minimum absolute atomic E-state index is 0.0694. The van der Waals surface area contributed by atoms with Crippen molar-refractivity contribution < 1.29 is 33.6 Å². The van der Waals surface area contributed by atoms with Crippen LogP contribution in [0.2, 0.25) is 0 Å². The third-order valence-electron chi connectivity index (χ3n) is 7.76. The second-order valence-corrected chi connectivity index (χ2v) is 10.4. The van der Waals surface area contributed by atoms with E-state index in [1.165, 1.54) is 4.90 Å². The molecule has 3 atom stereocenters. The van der Waals surface area contributed by atoms with Crippen molar-refractivity contribution >= 4 is 16.9 Å². The third-order valence-corrected chi connectivity index (χ3v) is 7.76. The standard InChI is InChI=1S/C32H39NO7/c1-36-31-25(11-10-23-7-2-3-8-28(23)31)22-40-29-21-33(32(34)35)17-16-27(29)24-12-14-26(15-13-24)37-19-6-20-39-30-9-4-5-18-38-30/h2-3,7-8,10-15,27,29-30H,4-6,9,16-22H2,1H3,(H,34,35). The van der Waals surface area contributed by atoms with Gasteiger partial charge >= 0.3 is 6.09 Å². The Labute approximate surface area is 235 Å². The van der Waals surface area contributed by atoms with Crippen LogP contribution < -0.4 is 9.47 Å². The summed E-state index contributed by atoms with van der Waals surface area (Å²) in [6.45, 7) is 3.10. The highest BCUT2D eigenvalue weighted by Gasteiger charge is 2.33. The molecular formula is C32H39NO7. The van der Waals surface area contributed by atoms with Gasteiger partial charge in [-0.15, -0.1) is 0 Å². The zero-order valence-electron chi connectivity index (χ0n) is 23.1. The summed E-state index contributed by atoms with van der Waals surface area (Å²) in [7, 11) is 1.67.